The van der Waals surface area contributed by atoms with Crippen LogP contribution < -0.4 is 10.1 Å². The van der Waals surface area contributed by atoms with E-state index in [-0.39, 0.29) is 24.5 Å². The number of carbonyl (C=O) groups excluding carboxylic acids is 2. The molecule has 1 atom stereocenters. The minimum absolute atomic E-state index is 0.0686. The summed E-state index contributed by atoms with van der Waals surface area (Å²) in [6.07, 6.45) is 0. The van der Waals surface area contributed by atoms with Gasteiger partial charge in [-0.05, 0) is 53.1 Å². The molecule has 0 aromatic heterocycles. The first-order valence-electron chi connectivity index (χ1n) is 11.3. The van der Waals surface area contributed by atoms with Crippen LogP contribution in [0.4, 0.5) is 5.69 Å². The lowest BCUT2D eigenvalue weighted by molar-refractivity contribution is -0.136. The number of amides is 2. The first-order valence-corrected chi connectivity index (χ1v) is 11.3. The SMILES string of the molecule is CC(=O)Nc1cccc([C@@H](C)N(Cc2ccccc2)C(=O)COc2ccc3ccccc3c2)c1. The van der Waals surface area contributed by atoms with Gasteiger partial charge in [0.1, 0.15) is 5.75 Å². The van der Waals surface area contributed by atoms with E-state index in [4.69, 9.17) is 4.74 Å². The highest BCUT2D eigenvalue weighted by Gasteiger charge is 2.23. The summed E-state index contributed by atoms with van der Waals surface area (Å²) >= 11 is 0. The number of benzene rings is 4. The molecule has 0 spiro atoms. The average Bonchev–Trinajstić information content (AvgIpc) is 2.85. The molecule has 0 aliphatic rings. The van der Waals surface area contributed by atoms with Crippen molar-refractivity contribution in [2.24, 2.45) is 0 Å². The third kappa shape index (κ3) is 5.81. The molecule has 0 aliphatic heterocycles. The molecule has 0 heterocycles. The Balaban J connectivity index is 1.54. The molecule has 0 fully saturated rings. The summed E-state index contributed by atoms with van der Waals surface area (Å²) in [4.78, 5) is 26.7. The van der Waals surface area contributed by atoms with Crippen molar-refractivity contribution in [2.75, 3.05) is 11.9 Å². The lowest BCUT2D eigenvalue weighted by atomic mass is 10.0. The zero-order valence-electron chi connectivity index (χ0n) is 19.4. The molecule has 0 radical (unpaired) electrons. The van der Waals surface area contributed by atoms with Crippen molar-refractivity contribution in [3.05, 3.63) is 108 Å². The lowest BCUT2D eigenvalue weighted by Gasteiger charge is -2.30. The zero-order chi connectivity index (χ0) is 23.9. The second-order valence-electron chi connectivity index (χ2n) is 8.29. The quantitative estimate of drug-likeness (QED) is 0.358. The summed E-state index contributed by atoms with van der Waals surface area (Å²) in [5.74, 6) is 0.410. The summed E-state index contributed by atoms with van der Waals surface area (Å²) in [6.45, 7) is 3.85. The van der Waals surface area contributed by atoms with Crippen LogP contribution >= 0.6 is 0 Å². The fourth-order valence-electron chi connectivity index (χ4n) is 3.97. The first-order chi connectivity index (χ1) is 16.5. The largest absolute Gasteiger partial charge is 0.484 e. The van der Waals surface area contributed by atoms with E-state index >= 15 is 0 Å². The molecule has 0 bridgehead atoms. The van der Waals surface area contributed by atoms with Gasteiger partial charge < -0.3 is 15.0 Å². The maximum Gasteiger partial charge on any atom is 0.261 e. The van der Waals surface area contributed by atoms with Gasteiger partial charge in [-0.3, -0.25) is 9.59 Å². The molecule has 0 saturated carbocycles. The van der Waals surface area contributed by atoms with E-state index < -0.39 is 0 Å². The van der Waals surface area contributed by atoms with Crippen LogP contribution in [0.25, 0.3) is 10.8 Å². The fourth-order valence-corrected chi connectivity index (χ4v) is 3.97. The number of ether oxygens (including phenoxy) is 1. The van der Waals surface area contributed by atoms with Gasteiger partial charge in [-0.2, -0.15) is 0 Å². The van der Waals surface area contributed by atoms with Crippen LogP contribution in [0.3, 0.4) is 0 Å². The van der Waals surface area contributed by atoms with E-state index in [0.717, 1.165) is 21.9 Å². The van der Waals surface area contributed by atoms with E-state index in [9.17, 15) is 9.59 Å². The Morgan fingerprint density at radius 1 is 0.853 bits per heavy atom. The summed E-state index contributed by atoms with van der Waals surface area (Å²) in [5, 5.41) is 5.00. The Kier molecular flexibility index (Phi) is 7.23. The molecule has 4 aromatic rings. The maximum atomic E-state index is 13.4. The highest BCUT2D eigenvalue weighted by atomic mass is 16.5. The summed E-state index contributed by atoms with van der Waals surface area (Å²) in [6, 6.07) is 31.1. The van der Waals surface area contributed by atoms with E-state index in [1.165, 1.54) is 6.92 Å². The van der Waals surface area contributed by atoms with E-state index in [0.29, 0.717) is 18.0 Å². The highest BCUT2D eigenvalue weighted by molar-refractivity contribution is 5.88. The van der Waals surface area contributed by atoms with Crippen LogP contribution in [-0.4, -0.2) is 23.3 Å². The molecule has 2 amide bonds. The highest BCUT2D eigenvalue weighted by Crippen LogP contribution is 2.26. The molecule has 34 heavy (non-hydrogen) atoms. The molecule has 5 heteroatoms. The number of carbonyl (C=O) groups is 2. The summed E-state index contributed by atoms with van der Waals surface area (Å²) in [5.41, 5.74) is 2.67. The number of hydrogen-bond donors (Lipinski definition) is 1. The Bertz CT molecular complexity index is 1290. The molecule has 5 nitrogen and oxygen atoms in total. The van der Waals surface area contributed by atoms with Gasteiger partial charge in [0, 0.05) is 19.2 Å². The van der Waals surface area contributed by atoms with Crippen LogP contribution in [0.1, 0.15) is 31.0 Å². The van der Waals surface area contributed by atoms with Crippen LogP contribution in [0, 0.1) is 0 Å². The van der Waals surface area contributed by atoms with E-state index in [2.05, 4.69) is 5.32 Å². The number of fused-ring (bicyclic) bond motifs is 1. The molecule has 4 rings (SSSR count). The maximum absolute atomic E-state index is 13.4. The lowest BCUT2D eigenvalue weighted by Crippen LogP contribution is -2.36. The number of nitrogens with one attached hydrogen (secondary N) is 1. The fraction of sp³-hybridized carbons (Fsp3) is 0.172. The number of nitrogens with zero attached hydrogens (tertiary/aromatic N) is 1. The molecule has 0 aliphatic carbocycles. The van der Waals surface area contributed by atoms with Crippen molar-refractivity contribution in [2.45, 2.75) is 26.4 Å². The van der Waals surface area contributed by atoms with Crippen molar-refractivity contribution in [1.82, 2.24) is 4.90 Å². The van der Waals surface area contributed by atoms with Crippen molar-refractivity contribution in [3.63, 3.8) is 0 Å². The number of hydrogen-bond acceptors (Lipinski definition) is 3. The molecular weight excluding hydrogens is 424 g/mol. The van der Waals surface area contributed by atoms with Crippen molar-refractivity contribution in [3.8, 4) is 5.75 Å². The van der Waals surface area contributed by atoms with Gasteiger partial charge in [-0.1, -0.05) is 72.8 Å². The molecule has 0 saturated heterocycles. The van der Waals surface area contributed by atoms with Crippen molar-refractivity contribution >= 4 is 28.3 Å². The Labute approximate surface area is 200 Å². The average molecular weight is 453 g/mol. The Morgan fingerprint density at radius 3 is 2.35 bits per heavy atom. The van der Waals surface area contributed by atoms with Gasteiger partial charge in [-0.15, -0.1) is 0 Å². The number of anilines is 1. The van der Waals surface area contributed by atoms with Crippen molar-refractivity contribution < 1.29 is 14.3 Å². The van der Waals surface area contributed by atoms with Crippen LogP contribution in [0.2, 0.25) is 0 Å². The smallest absolute Gasteiger partial charge is 0.261 e. The van der Waals surface area contributed by atoms with Gasteiger partial charge in [0.05, 0.1) is 6.04 Å². The normalized spacial score (nSPS) is 11.6. The third-order valence-corrected chi connectivity index (χ3v) is 5.76. The predicted molar refractivity (Wildman–Crippen MR) is 136 cm³/mol. The second-order valence-corrected chi connectivity index (χ2v) is 8.29. The third-order valence-electron chi connectivity index (χ3n) is 5.76. The monoisotopic (exact) mass is 452 g/mol. The summed E-state index contributed by atoms with van der Waals surface area (Å²) in [7, 11) is 0. The molecular formula is C29H28N2O3. The number of rotatable bonds is 8. The van der Waals surface area contributed by atoms with Gasteiger partial charge >= 0.3 is 0 Å². The zero-order valence-corrected chi connectivity index (χ0v) is 19.4. The topological polar surface area (TPSA) is 58.6 Å². The minimum Gasteiger partial charge on any atom is -0.484 e. The Morgan fingerprint density at radius 2 is 1.59 bits per heavy atom. The first kappa shape index (κ1) is 23.1. The Hall–Kier alpha value is -4.12. The van der Waals surface area contributed by atoms with Crippen molar-refractivity contribution in [1.29, 1.82) is 0 Å². The van der Waals surface area contributed by atoms with Gasteiger partial charge in [-0.25, -0.2) is 0 Å². The van der Waals surface area contributed by atoms with Crippen LogP contribution in [0.15, 0.2) is 97.1 Å². The standard InChI is InChI=1S/C29H28N2O3/c1-21(25-13-8-14-27(17-25)30-22(2)32)31(19-23-9-4-3-5-10-23)29(33)20-34-28-16-15-24-11-6-7-12-26(24)18-28/h3-18,21H,19-20H2,1-2H3,(H,30,32)/t21-/m1/s1. The van der Waals surface area contributed by atoms with Gasteiger partial charge in [0.2, 0.25) is 5.91 Å². The van der Waals surface area contributed by atoms with E-state index in [1.54, 1.807) is 0 Å². The molecule has 1 N–H and O–H groups in total. The van der Waals surface area contributed by atoms with Crippen LogP contribution in [-0.2, 0) is 16.1 Å². The molecule has 172 valence electrons. The van der Waals surface area contributed by atoms with Crippen LogP contribution in [0.5, 0.6) is 5.75 Å². The molecule has 0 unspecified atom stereocenters. The predicted octanol–water partition coefficient (Wildman–Crippen LogP) is 5.97. The second kappa shape index (κ2) is 10.7. The van der Waals surface area contributed by atoms with Gasteiger partial charge in [0.25, 0.3) is 5.91 Å². The molecule has 4 aromatic carbocycles. The summed E-state index contributed by atoms with van der Waals surface area (Å²) < 4.78 is 5.91. The van der Waals surface area contributed by atoms with E-state index in [1.807, 2.05) is 109 Å². The van der Waals surface area contributed by atoms with Gasteiger partial charge in [0.15, 0.2) is 6.61 Å². The minimum atomic E-state index is -0.221.